The molecular formula is C9H19NO3S. The summed E-state index contributed by atoms with van der Waals surface area (Å²) in [5, 5.41) is 12.7. The van der Waals surface area contributed by atoms with Crippen LogP contribution in [0.5, 0.6) is 0 Å². The van der Waals surface area contributed by atoms with Crippen molar-refractivity contribution in [2.75, 3.05) is 24.6 Å². The van der Waals surface area contributed by atoms with Crippen molar-refractivity contribution in [3.05, 3.63) is 0 Å². The lowest BCUT2D eigenvalue weighted by Crippen LogP contribution is -2.47. The van der Waals surface area contributed by atoms with Gasteiger partial charge in [0.15, 0.2) is 9.84 Å². The highest BCUT2D eigenvalue weighted by Gasteiger charge is 2.33. The van der Waals surface area contributed by atoms with Gasteiger partial charge in [0.25, 0.3) is 0 Å². The van der Waals surface area contributed by atoms with Crippen molar-refractivity contribution in [3.63, 3.8) is 0 Å². The van der Waals surface area contributed by atoms with Crippen LogP contribution in [0.3, 0.4) is 0 Å². The second-order valence-electron chi connectivity index (χ2n) is 3.99. The summed E-state index contributed by atoms with van der Waals surface area (Å²) in [7, 11) is -2.87. The van der Waals surface area contributed by atoms with Gasteiger partial charge in [-0.3, -0.25) is 0 Å². The Bertz CT molecular complexity index is 270. The predicted octanol–water partition coefficient (Wildman–Crippen LogP) is -0.0743. The first-order valence-electron chi connectivity index (χ1n) is 5.11. The molecule has 14 heavy (non-hydrogen) atoms. The average molecular weight is 221 g/mol. The molecule has 0 heterocycles. The third-order valence-electron chi connectivity index (χ3n) is 2.77. The molecule has 1 fully saturated rings. The van der Waals surface area contributed by atoms with Crippen LogP contribution in [0.4, 0.5) is 0 Å². The fraction of sp³-hybridized carbons (Fsp3) is 1.00. The summed E-state index contributed by atoms with van der Waals surface area (Å²) >= 11 is 0. The van der Waals surface area contributed by atoms with Crippen LogP contribution in [0.2, 0.25) is 0 Å². The molecule has 0 atom stereocenters. The van der Waals surface area contributed by atoms with E-state index in [1.807, 2.05) is 0 Å². The molecule has 84 valence electrons. The number of rotatable bonds is 6. The predicted molar refractivity (Wildman–Crippen MR) is 56.0 cm³/mol. The second-order valence-corrected chi connectivity index (χ2v) is 6.46. The molecule has 0 amide bonds. The van der Waals surface area contributed by atoms with Crippen molar-refractivity contribution in [2.45, 2.75) is 31.8 Å². The highest BCUT2D eigenvalue weighted by molar-refractivity contribution is 7.91. The Morgan fingerprint density at radius 3 is 2.50 bits per heavy atom. The van der Waals surface area contributed by atoms with E-state index in [0.29, 0.717) is 13.1 Å². The van der Waals surface area contributed by atoms with Crippen molar-refractivity contribution >= 4 is 9.84 Å². The smallest absolute Gasteiger partial charge is 0.151 e. The van der Waals surface area contributed by atoms with Gasteiger partial charge in [0.2, 0.25) is 0 Å². The first-order chi connectivity index (χ1) is 6.47. The molecule has 1 aliphatic carbocycles. The molecule has 4 nitrogen and oxygen atoms in total. The Morgan fingerprint density at radius 2 is 2.07 bits per heavy atom. The summed E-state index contributed by atoms with van der Waals surface area (Å²) in [5.41, 5.74) is -0.560. The largest absolute Gasteiger partial charge is 0.389 e. The zero-order valence-electron chi connectivity index (χ0n) is 8.62. The van der Waals surface area contributed by atoms with Gasteiger partial charge in [-0.25, -0.2) is 8.42 Å². The van der Waals surface area contributed by atoms with Gasteiger partial charge in [-0.15, -0.1) is 0 Å². The maximum Gasteiger partial charge on any atom is 0.151 e. The van der Waals surface area contributed by atoms with Crippen molar-refractivity contribution in [2.24, 2.45) is 0 Å². The van der Waals surface area contributed by atoms with Gasteiger partial charge in [-0.2, -0.15) is 0 Å². The van der Waals surface area contributed by atoms with E-state index in [2.05, 4.69) is 5.32 Å². The van der Waals surface area contributed by atoms with Gasteiger partial charge in [-0.05, 0) is 19.3 Å². The normalized spacial score (nSPS) is 20.4. The fourth-order valence-corrected chi connectivity index (χ4v) is 2.20. The highest BCUT2D eigenvalue weighted by atomic mass is 32.2. The molecule has 1 rings (SSSR count). The minimum atomic E-state index is -2.87. The number of nitrogens with one attached hydrogen (secondary N) is 1. The number of hydrogen-bond acceptors (Lipinski definition) is 4. The SMILES string of the molecule is CCS(=O)(=O)CCNCC1(O)CCC1. The van der Waals surface area contributed by atoms with E-state index in [0.717, 1.165) is 19.3 Å². The van der Waals surface area contributed by atoms with Crippen molar-refractivity contribution in [1.29, 1.82) is 0 Å². The first kappa shape index (κ1) is 11.9. The van der Waals surface area contributed by atoms with Gasteiger partial charge in [0.1, 0.15) is 0 Å². The summed E-state index contributed by atoms with van der Waals surface area (Å²) in [6.07, 6.45) is 2.74. The van der Waals surface area contributed by atoms with Crippen molar-refractivity contribution in [3.8, 4) is 0 Å². The molecule has 0 unspecified atom stereocenters. The van der Waals surface area contributed by atoms with Gasteiger partial charge in [0.05, 0.1) is 11.4 Å². The van der Waals surface area contributed by atoms with Crippen molar-refractivity contribution in [1.82, 2.24) is 5.32 Å². The van der Waals surface area contributed by atoms with Gasteiger partial charge < -0.3 is 10.4 Å². The van der Waals surface area contributed by atoms with Gasteiger partial charge in [-0.1, -0.05) is 6.92 Å². The molecule has 0 aromatic heterocycles. The third kappa shape index (κ3) is 3.55. The lowest BCUT2D eigenvalue weighted by Gasteiger charge is -2.36. The summed E-state index contributed by atoms with van der Waals surface area (Å²) in [5.74, 6) is 0.360. The van der Waals surface area contributed by atoms with Crippen LogP contribution >= 0.6 is 0 Å². The second kappa shape index (κ2) is 4.59. The zero-order chi connectivity index (χ0) is 10.7. The molecule has 0 radical (unpaired) electrons. The van der Waals surface area contributed by atoms with Crippen LogP contribution < -0.4 is 5.32 Å². The zero-order valence-corrected chi connectivity index (χ0v) is 9.44. The average Bonchev–Trinajstić information content (AvgIpc) is 2.10. The van der Waals surface area contributed by atoms with E-state index in [9.17, 15) is 13.5 Å². The van der Waals surface area contributed by atoms with Crippen LogP contribution in [0.25, 0.3) is 0 Å². The molecular weight excluding hydrogens is 202 g/mol. The lowest BCUT2D eigenvalue weighted by atomic mass is 9.80. The molecule has 0 saturated heterocycles. The molecule has 0 spiro atoms. The Kier molecular flexibility index (Phi) is 3.92. The molecule has 5 heteroatoms. The quantitative estimate of drug-likeness (QED) is 0.616. The summed E-state index contributed by atoms with van der Waals surface area (Å²) in [6, 6.07) is 0. The Hall–Kier alpha value is -0.130. The summed E-state index contributed by atoms with van der Waals surface area (Å²) in [4.78, 5) is 0. The minimum Gasteiger partial charge on any atom is -0.389 e. The molecule has 1 aliphatic rings. The number of sulfone groups is 1. The first-order valence-corrected chi connectivity index (χ1v) is 6.93. The Morgan fingerprint density at radius 1 is 1.43 bits per heavy atom. The van der Waals surface area contributed by atoms with Crippen LogP contribution in [0.1, 0.15) is 26.2 Å². The van der Waals surface area contributed by atoms with E-state index in [1.54, 1.807) is 6.92 Å². The standard InChI is InChI=1S/C9H19NO3S/c1-2-14(12,13)7-6-10-8-9(11)4-3-5-9/h10-11H,2-8H2,1H3. The van der Waals surface area contributed by atoms with Gasteiger partial charge >= 0.3 is 0 Å². The summed E-state index contributed by atoms with van der Waals surface area (Å²) < 4.78 is 22.2. The van der Waals surface area contributed by atoms with E-state index in [4.69, 9.17) is 0 Å². The maximum atomic E-state index is 11.1. The fourth-order valence-electron chi connectivity index (χ4n) is 1.45. The molecule has 1 saturated carbocycles. The molecule has 0 aromatic rings. The monoisotopic (exact) mass is 221 g/mol. The summed E-state index contributed by atoms with van der Waals surface area (Å²) in [6.45, 7) is 2.61. The topological polar surface area (TPSA) is 66.4 Å². The van der Waals surface area contributed by atoms with Crippen LogP contribution in [-0.4, -0.2) is 43.7 Å². The molecule has 0 aliphatic heterocycles. The van der Waals surface area contributed by atoms with Crippen LogP contribution in [0, 0.1) is 0 Å². The molecule has 0 bridgehead atoms. The molecule has 0 aromatic carbocycles. The minimum absolute atomic E-state index is 0.166. The van der Waals surface area contributed by atoms with Crippen LogP contribution in [-0.2, 0) is 9.84 Å². The van der Waals surface area contributed by atoms with E-state index >= 15 is 0 Å². The number of hydrogen-bond donors (Lipinski definition) is 2. The van der Waals surface area contributed by atoms with Crippen LogP contribution in [0.15, 0.2) is 0 Å². The third-order valence-corrected chi connectivity index (χ3v) is 4.47. The van der Waals surface area contributed by atoms with Crippen molar-refractivity contribution < 1.29 is 13.5 Å². The highest BCUT2D eigenvalue weighted by Crippen LogP contribution is 2.30. The van der Waals surface area contributed by atoms with E-state index < -0.39 is 15.4 Å². The van der Waals surface area contributed by atoms with Gasteiger partial charge in [0, 0.05) is 18.8 Å². The van der Waals surface area contributed by atoms with E-state index in [1.165, 1.54) is 0 Å². The lowest BCUT2D eigenvalue weighted by molar-refractivity contribution is -0.0307. The number of aliphatic hydroxyl groups is 1. The Labute approximate surface area is 85.6 Å². The molecule has 2 N–H and O–H groups in total. The maximum absolute atomic E-state index is 11.1. The Balaban J connectivity index is 2.10. The van der Waals surface area contributed by atoms with E-state index in [-0.39, 0.29) is 11.5 Å².